The van der Waals surface area contributed by atoms with Gasteiger partial charge in [-0.3, -0.25) is 0 Å². The van der Waals surface area contributed by atoms with E-state index in [1.165, 1.54) is 6.07 Å². The van der Waals surface area contributed by atoms with Crippen LogP contribution in [0.3, 0.4) is 0 Å². The van der Waals surface area contributed by atoms with Crippen LogP contribution in [0.5, 0.6) is 0 Å². The highest BCUT2D eigenvalue weighted by atomic mass is 35.5. The molecule has 1 aliphatic rings. The van der Waals surface area contributed by atoms with E-state index in [1.807, 2.05) is 4.68 Å². The van der Waals surface area contributed by atoms with Crippen LogP contribution in [0, 0.1) is 10.6 Å². The van der Waals surface area contributed by atoms with E-state index in [2.05, 4.69) is 21.9 Å². The fraction of sp³-hybridized carbons (Fsp3) is 0.417. The molecule has 2 heterocycles. The number of H-pyrrole nitrogens is 1. The van der Waals surface area contributed by atoms with Crippen molar-refractivity contribution in [2.45, 2.75) is 0 Å². The third-order valence-electron chi connectivity index (χ3n) is 3.46. The zero-order valence-corrected chi connectivity index (χ0v) is 12.1. The highest BCUT2D eigenvalue weighted by Crippen LogP contribution is 2.23. The SMILES string of the molecule is CN1CCN(n2c(=S)[nH]c3cc(Cl)c(F)cc32)CC1. The Labute approximate surface area is 120 Å². The van der Waals surface area contributed by atoms with E-state index >= 15 is 0 Å². The van der Waals surface area contributed by atoms with Gasteiger partial charge in [0.25, 0.3) is 0 Å². The Morgan fingerprint density at radius 3 is 2.63 bits per heavy atom. The number of likely N-dealkylation sites (N-methyl/N-ethyl adjacent to an activating group) is 1. The van der Waals surface area contributed by atoms with Crippen molar-refractivity contribution in [3.05, 3.63) is 27.7 Å². The van der Waals surface area contributed by atoms with Gasteiger partial charge in [-0.15, -0.1) is 0 Å². The van der Waals surface area contributed by atoms with E-state index in [9.17, 15) is 4.39 Å². The molecule has 0 unspecified atom stereocenters. The second-order valence-electron chi connectivity index (χ2n) is 4.78. The molecule has 2 aromatic rings. The van der Waals surface area contributed by atoms with E-state index in [-0.39, 0.29) is 5.02 Å². The van der Waals surface area contributed by atoms with Gasteiger partial charge in [0.05, 0.1) is 16.1 Å². The van der Waals surface area contributed by atoms with Gasteiger partial charge in [0.2, 0.25) is 0 Å². The molecule has 3 rings (SSSR count). The standard InChI is InChI=1S/C12H14ClFN4S/c1-16-2-4-17(5-3-16)18-11-7-9(14)8(13)6-10(11)15-12(18)19/h6-7H,2-5H2,1H3,(H,15,19). The van der Waals surface area contributed by atoms with Gasteiger partial charge in [0, 0.05) is 32.2 Å². The molecule has 0 radical (unpaired) electrons. The van der Waals surface area contributed by atoms with Crippen LogP contribution in [-0.2, 0) is 0 Å². The van der Waals surface area contributed by atoms with Crippen LogP contribution in [0.4, 0.5) is 4.39 Å². The fourth-order valence-corrected chi connectivity index (χ4v) is 2.85. The third kappa shape index (κ3) is 2.24. The lowest BCUT2D eigenvalue weighted by Gasteiger charge is -2.34. The predicted octanol–water partition coefficient (Wildman–Crippen LogP) is 2.37. The number of piperazine rings is 1. The van der Waals surface area contributed by atoms with E-state index in [0.717, 1.165) is 37.2 Å². The Bertz CT molecular complexity index is 672. The van der Waals surface area contributed by atoms with Crippen molar-refractivity contribution in [1.29, 1.82) is 0 Å². The number of nitrogens with zero attached hydrogens (tertiary/aromatic N) is 3. The number of imidazole rings is 1. The van der Waals surface area contributed by atoms with Crippen molar-refractivity contribution in [2.75, 3.05) is 38.2 Å². The lowest BCUT2D eigenvalue weighted by Crippen LogP contribution is -2.49. The molecular formula is C12H14ClFN4S. The first-order chi connectivity index (χ1) is 9.06. The monoisotopic (exact) mass is 300 g/mol. The topological polar surface area (TPSA) is 27.2 Å². The molecule has 0 aliphatic carbocycles. The van der Waals surface area contributed by atoms with E-state index in [1.54, 1.807) is 6.07 Å². The number of hydrogen-bond donors (Lipinski definition) is 1. The summed E-state index contributed by atoms with van der Waals surface area (Å²) in [5, 5.41) is 2.24. The third-order valence-corrected chi connectivity index (χ3v) is 4.03. The van der Waals surface area contributed by atoms with Crippen molar-refractivity contribution in [3.8, 4) is 0 Å². The van der Waals surface area contributed by atoms with Crippen LogP contribution in [0.15, 0.2) is 12.1 Å². The summed E-state index contributed by atoms with van der Waals surface area (Å²) in [4.78, 5) is 5.33. The highest BCUT2D eigenvalue weighted by molar-refractivity contribution is 7.71. The van der Waals surface area contributed by atoms with Gasteiger partial charge in [-0.25, -0.2) is 9.07 Å². The molecule has 0 bridgehead atoms. The van der Waals surface area contributed by atoms with E-state index < -0.39 is 5.82 Å². The molecule has 1 aliphatic heterocycles. The summed E-state index contributed by atoms with van der Waals surface area (Å²) in [6, 6.07) is 3.01. The molecule has 1 saturated heterocycles. The minimum Gasteiger partial charge on any atom is -0.329 e. The van der Waals surface area contributed by atoms with Crippen LogP contribution >= 0.6 is 23.8 Å². The highest BCUT2D eigenvalue weighted by Gasteiger charge is 2.18. The minimum absolute atomic E-state index is 0.106. The van der Waals surface area contributed by atoms with Crippen LogP contribution in [0.2, 0.25) is 5.02 Å². The lowest BCUT2D eigenvalue weighted by atomic mass is 10.3. The number of aromatic amines is 1. The summed E-state index contributed by atoms with van der Waals surface area (Å²) in [6.45, 7) is 3.65. The summed E-state index contributed by atoms with van der Waals surface area (Å²) in [5.74, 6) is -0.425. The molecule has 19 heavy (non-hydrogen) atoms. The summed E-state index contributed by atoms with van der Waals surface area (Å²) in [7, 11) is 2.09. The number of nitrogens with one attached hydrogen (secondary N) is 1. The zero-order valence-electron chi connectivity index (χ0n) is 10.5. The predicted molar refractivity (Wildman–Crippen MR) is 77.5 cm³/mol. The van der Waals surface area contributed by atoms with Gasteiger partial charge >= 0.3 is 0 Å². The first-order valence-electron chi connectivity index (χ1n) is 6.10. The maximum absolute atomic E-state index is 13.6. The number of aromatic nitrogens is 2. The quantitative estimate of drug-likeness (QED) is 0.819. The van der Waals surface area contributed by atoms with E-state index in [0.29, 0.717) is 4.77 Å². The Morgan fingerprint density at radius 1 is 1.26 bits per heavy atom. The molecule has 0 spiro atoms. The van der Waals surface area contributed by atoms with Crippen molar-refractivity contribution >= 4 is 34.9 Å². The van der Waals surface area contributed by atoms with Crippen molar-refractivity contribution in [3.63, 3.8) is 0 Å². The van der Waals surface area contributed by atoms with Gasteiger partial charge < -0.3 is 14.9 Å². The zero-order chi connectivity index (χ0) is 13.6. The van der Waals surface area contributed by atoms with E-state index in [4.69, 9.17) is 23.8 Å². The molecule has 1 aromatic carbocycles. The summed E-state index contributed by atoms with van der Waals surface area (Å²) in [5.41, 5.74) is 1.49. The van der Waals surface area contributed by atoms with Crippen molar-refractivity contribution < 1.29 is 4.39 Å². The Hall–Kier alpha value is -1.11. The van der Waals surface area contributed by atoms with Crippen LogP contribution in [-0.4, -0.2) is 47.8 Å². The molecular weight excluding hydrogens is 287 g/mol. The molecule has 0 saturated carbocycles. The molecule has 7 heteroatoms. The Kier molecular flexibility index (Phi) is 3.24. The maximum atomic E-state index is 13.6. The average Bonchev–Trinajstić information content (AvgIpc) is 2.67. The largest absolute Gasteiger partial charge is 0.329 e. The number of hydrogen-bond acceptors (Lipinski definition) is 3. The Balaban J connectivity index is 2.10. The minimum atomic E-state index is -0.425. The van der Waals surface area contributed by atoms with Gasteiger partial charge in [-0.1, -0.05) is 11.6 Å². The summed E-state index contributed by atoms with van der Waals surface area (Å²) >= 11 is 11.1. The molecule has 1 aromatic heterocycles. The second kappa shape index (κ2) is 4.77. The molecule has 1 N–H and O–H groups in total. The van der Waals surface area contributed by atoms with Crippen LogP contribution in [0.1, 0.15) is 0 Å². The van der Waals surface area contributed by atoms with Gasteiger partial charge in [0.1, 0.15) is 5.82 Å². The first-order valence-corrected chi connectivity index (χ1v) is 6.88. The molecule has 1 fully saturated rings. The molecule has 0 atom stereocenters. The molecule has 102 valence electrons. The van der Waals surface area contributed by atoms with Gasteiger partial charge in [-0.2, -0.15) is 0 Å². The lowest BCUT2D eigenvalue weighted by molar-refractivity contribution is 0.288. The number of rotatable bonds is 1. The normalized spacial score (nSPS) is 17.3. The first kappa shape index (κ1) is 12.9. The Morgan fingerprint density at radius 2 is 1.95 bits per heavy atom. The van der Waals surface area contributed by atoms with Gasteiger partial charge in [-0.05, 0) is 25.3 Å². The van der Waals surface area contributed by atoms with Crippen molar-refractivity contribution in [2.24, 2.45) is 0 Å². The van der Waals surface area contributed by atoms with Gasteiger partial charge in [0.15, 0.2) is 4.77 Å². The van der Waals surface area contributed by atoms with Crippen LogP contribution in [0.25, 0.3) is 11.0 Å². The average molecular weight is 301 g/mol. The summed E-state index contributed by atoms with van der Waals surface area (Å²) < 4.78 is 16.1. The molecule has 4 nitrogen and oxygen atoms in total. The van der Waals surface area contributed by atoms with Crippen LogP contribution < -0.4 is 5.01 Å². The number of fused-ring (bicyclic) bond motifs is 1. The van der Waals surface area contributed by atoms with Crippen molar-refractivity contribution in [1.82, 2.24) is 14.6 Å². The fourth-order valence-electron chi connectivity index (χ4n) is 2.37. The number of benzene rings is 1. The number of halogens is 2. The molecule has 0 amide bonds. The smallest absolute Gasteiger partial charge is 0.197 e. The second-order valence-corrected chi connectivity index (χ2v) is 5.58. The summed E-state index contributed by atoms with van der Waals surface area (Å²) in [6.07, 6.45) is 0. The maximum Gasteiger partial charge on any atom is 0.197 e.